The molecule has 1 N–H and O–H groups in total. The number of aromatic hydroxyl groups is 1. The third kappa shape index (κ3) is 4.30. The Balaban J connectivity index is 1.71. The molecular formula is C23H29NO4. The van der Waals surface area contributed by atoms with E-state index in [-0.39, 0.29) is 17.5 Å². The van der Waals surface area contributed by atoms with Crippen molar-refractivity contribution < 1.29 is 19.4 Å². The topological polar surface area (TPSA) is 59.0 Å². The summed E-state index contributed by atoms with van der Waals surface area (Å²) in [5.74, 6) is 1.67. The number of carbonyl (C=O) groups excluding carboxylic acids is 1. The minimum atomic E-state index is -0.00668. The zero-order valence-corrected chi connectivity index (χ0v) is 17.1. The summed E-state index contributed by atoms with van der Waals surface area (Å²) in [7, 11) is 3.20. The van der Waals surface area contributed by atoms with E-state index in [1.165, 1.54) is 7.11 Å². The molecule has 2 aromatic rings. The van der Waals surface area contributed by atoms with E-state index in [0.29, 0.717) is 12.3 Å². The van der Waals surface area contributed by atoms with Crippen molar-refractivity contribution in [2.24, 2.45) is 5.92 Å². The first-order valence-corrected chi connectivity index (χ1v) is 9.70. The number of phenols is 1. The van der Waals surface area contributed by atoms with E-state index < -0.39 is 0 Å². The molecule has 5 heteroatoms. The molecule has 1 saturated heterocycles. The summed E-state index contributed by atoms with van der Waals surface area (Å²) in [5.41, 5.74) is 3.77. The highest BCUT2D eigenvalue weighted by molar-refractivity contribution is 5.98. The van der Waals surface area contributed by atoms with Crippen LogP contribution in [0.5, 0.6) is 17.2 Å². The SMILES string of the molecule is COc1ccc(CN2CCCC(C(=O)c3cc(C)c(OC)c(C)c3)C2)cc1O. The summed E-state index contributed by atoms with van der Waals surface area (Å²) in [6.07, 6.45) is 1.90. The lowest BCUT2D eigenvalue weighted by Crippen LogP contribution is -2.38. The van der Waals surface area contributed by atoms with Gasteiger partial charge in [0.2, 0.25) is 0 Å². The van der Waals surface area contributed by atoms with Crippen LogP contribution in [0, 0.1) is 19.8 Å². The average Bonchev–Trinajstić information content (AvgIpc) is 2.67. The van der Waals surface area contributed by atoms with E-state index in [4.69, 9.17) is 9.47 Å². The Kier molecular flexibility index (Phi) is 6.25. The summed E-state index contributed by atoms with van der Waals surface area (Å²) >= 11 is 0. The molecule has 0 radical (unpaired) electrons. The zero-order valence-electron chi connectivity index (χ0n) is 17.1. The number of nitrogens with zero attached hydrogens (tertiary/aromatic N) is 1. The molecule has 0 spiro atoms. The molecule has 0 amide bonds. The first-order chi connectivity index (χ1) is 13.4. The Labute approximate surface area is 166 Å². The second kappa shape index (κ2) is 8.65. The number of ether oxygens (including phenoxy) is 2. The number of hydrogen-bond acceptors (Lipinski definition) is 5. The smallest absolute Gasteiger partial charge is 0.167 e. The van der Waals surface area contributed by atoms with Gasteiger partial charge in [-0.1, -0.05) is 6.07 Å². The summed E-state index contributed by atoms with van der Waals surface area (Å²) in [4.78, 5) is 15.4. The second-order valence-corrected chi connectivity index (χ2v) is 7.59. The molecule has 1 heterocycles. The molecule has 1 aliphatic heterocycles. The maximum atomic E-state index is 13.1. The third-order valence-electron chi connectivity index (χ3n) is 5.47. The molecule has 0 aliphatic carbocycles. The van der Waals surface area contributed by atoms with Gasteiger partial charge in [-0.3, -0.25) is 9.69 Å². The fourth-order valence-corrected chi connectivity index (χ4v) is 4.16. The first kappa shape index (κ1) is 20.2. The fraction of sp³-hybridized carbons (Fsp3) is 0.435. The molecule has 0 bridgehead atoms. The van der Waals surface area contributed by atoms with Crippen molar-refractivity contribution in [3.05, 3.63) is 52.6 Å². The molecule has 1 fully saturated rings. The molecule has 1 atom stereocenters. The van der Waals surface area contributed by atoms with E-state index in [2.05, 4.69) is 4.90 Å². The minimum absolute atomic E-state index is 0.00668. The maximum Gasteiger partial charge on any atom is 0.167 e. The number of phenolic OH excluding ortho intramolecular Hbond substituents is 1. The van der Waals surface area contributed by atoms with E-state index in [9.17, 15) is 9.90 Å². The molecule has 28 heavy (non-hydrogen) atoms. The molecule has 3 rings (SSSR count). The number of ketones is 1. The van der Waals surface area contributed by atoms with E-state index in [1.807, 2.05) is 32.0 Å². The van der Waals surface area contributed by atoms with Crippen LogP contribution < -0.4 is 9.47 Å². The summed E-state index contributed by atoms with van der Waals surface area (Å²) in [6.45, 7) is 6.35. The lowest BCUT2D eigenvalue weighted by Gasteiger charge is -2.32. The van der Waals surface area contributed by atoms with Gasteiger partial charge in [0.1, 0.15) is 5.75 Å². The first-order valence-electron chi connectivity index (χ1n) is 9.70. The molecule has 1 unspecified atom stereocenters. The van der Waals surface area contributed by atoms with Gasteiger partial charge in [0.25, 0.3) is 0 Å². The minimum Gasteiger partial charge on any atom is -0.504 e. The summed E-state index contributed by atoms with van der Waals surface area (Å²) < 4.78 is 10.5. The monoisotopic (exact) mass is 383 g/mol. The van der Waals surface area contributed by atoms with Gasteiger partial charge in [0, 0.05) is 24.6 Å². The van der Waals surface area contributed by atoms with Crippen molar-refractivity contribution in [2.45, 2.75) is 33.2 Å². The highest BCUT2D eigenvalue weighted by Crippen LogP contribution is 2.30. The lowest BCUT2D eigenvalue weighted by atomic mass is 9.88. The Bertz CT molecular complexity index is 839. The third-order valence-corrected chi connectivity index (χ3v) is 5.47. The predicted octanol–water partition coefficient (Wildman–Crippen LogP) is 4.12. The highest BCUT2D eigenvalue weighted by atomic mass is 16.5. The number of Topliss-reactive ketones (excluding diaryl/α,β-unsaturated/α-hetero) is 1. The Hall–Kier alpha value is -2.53. The average molecular weight is 383 g/mol. The van der Waals surface area contributed by atoms with Crippen LogP contribution in [0.1, 0.15) is 39.9 Å². The van der Waals surface area contributed by atoms with Crippen molar-refractivity contribution in [3.8, 4) is 17.2 Å². The van der Waals surface area contributed by atoms with Gasteiger partial charge in [0.05, 0.1) is 14.2 Å². The van der Waals surface area contributed by atoms with Gasteiger partial charge in [0.15, 0.2) is 17.3 Å². The van der Waals surface area contributed by atoms with Crippen molar-refractivity contribution in [1.29, 1.82) is 0 Å². The molecule has 0 saturated carbocycles. The lowest BCUT2D eigenvalue weighted by molar-refractivity contribution is 0.0811. The van der Waals surface area contributed by atoms with E-state index in [1.54, 1.807) is 19.2 Å². The van der Waals surface area contributed by atoms with E-state index in [0.717, 1.165) is 53.9 Å². The largest absolute Gasteiger partial charge is 0.504 e. The van der Waals surface area contributed by atoms with Crippen molar-refractivity contribution in [3.63, 3.8) is 0 Å². The van der Waals surface area contributed by atoms with Gasteiger partial charge in [-0.15, -0.1) is 0 Å². The molecule has 5 nitrogen and oxygen atoms in total. The van der Waals surface area contributed by atoms with Crippen LogP contribution >= 0.6 is 0 Å². The van der Waals surface area contributed by atoms with Gasteiger partial charge < -0.3 is 14.6 Å². The van der Waals surface area contributed by atoms with E-state index >= 15 is 0 Å². The number of methoxy groups -OCH3 is 2. The fourth-order valence-electron chi connectivity index (χ4n) is 4.16. The molecule has 1 aliphatic rings. The number of aryl methyl sites for hydroxylation is 2. The van der Waals surface area contributed by atoms with Crippen LogP contribution in [0.3, 0.4) is 0 Å². The number of benzene rings is 2. The van der Waals surface area contributed by atoms with Crippen LogP contribution in [0.25, 0.3) is 0 Å². The Morgan fingerprint density at radius 1 is 1.14 bits per heavy atom. The van der Waals surface area contributed by atoms with Crippen LogP contribution in [0.4, 0.5) is 0 Å². The Morgan fingerprint density at radius 2 is 1.86 bits per heavy atom. The number of hydrogen-bond donors (Lipinski definition) is 1. The van der Waals surface area contributed by atoms with Gasteiger partial charge in [-0.2, -0.15) is 0 Å². The molecule has 2 aromatic carbocycles. The quantitative estimate of drug-likeness (QED) is 0.761. The van der Waals surface area contributed by atoms with Crippen LogP contribution in [0.2, 0.25) is 0 Å². The van der Waals surface area contributed by atoms with Gasteiger partial charge in [-0.25, -0.2) is 0 Å². The number of piperidine rings is 1. The van der Waals surface area contributed by atoms with Gasteiger partial charge in [-0.05, 0) is 74.2 Å². The van der Waals surface area contributed by atoms with Crippen LogP contribution in [-0.4, -0.2) is 43.1 Å². The second-order valence-electron chi connectivity index (χ2n) is 7.59. The Morgan fingerprint density at radius 3 is 2.46 bits per heavy atom. The summed E-state index contributed by atoms with van der Waals surface area (Å²) in [6, 6.07) is 9.35. The van der Waals surface area contributed by atoms with Gasteiger partial charge >= 0.3 is 0 Å². The van der Waals surface area contributed by atoms with Crippen LogP contribution in [0.15, 0.2) is 30.3 Å². The summed E-state index contributed by atoms with van der Waals surface area (Å²) in [5, 5.41) is 10.00. The number of likely N-dealkylation sites (tertiary alicyclic amines) is 1. The highest BCUT2D eigenvalue weighted by Gasteiger charge is 2.27. The molecular weight excluding hydrogens is 354 g/mol. The normalized spacial score (nSPS) is 17.4. The molecule has 150 valence electrons. The standard InChI is InChI=1S/C23H29NO4/c1-15-10-19(11-16(2)23(15)28-4)22(26)18-6-5-9-24(14-18)13-17-7-8-21(27-3)20(25)12-17/h7-8,10-12,18,25H,5-6,9,13-14H2,1-4H3. The maximum absolute atomic E-state index is 13.1. The van der Waals surface area contributed by atoms with Crippen molar-refractivity contribution >= 4 is 5.78 Å². The van der Waals surface area contributed by atoms with Crippen molar-refractivity contribution in [1.82, 2.24) is 4.90 Å². The predicted molar refractivity (Wildman–Crippen MR) is 109 cm³/mol. The number of carbonyl (C=O) groups is 1. The van der Waals surface area contributed by atoms with Crippen LogP contribution in [-0.2, 0) is 6.54 Å². The number of rotatable bonds is 6. The molecule has 0 aromatic heterocycles. The zero-order chi connectivity index (χ0) is 20.3. The van der Waals surface area contributed by atoms with Crippen molar-refractivity contribution in [2.75, 3.05) is 27.3 Å².